The van der Waals surface area contributed by atoms with Gasteiger partial charge in [0.05, 0.1) is 29.6 Å². The van der Waals surface area contributed by atoms with Crippen LogP contribution in [0, 0.1) is 0 Å². The largest absolute Gasteiger partial charge is 0.388 e. The zero-order valence-corrected chi connectivity index (χ0v) is 13.9. The number of fused-ring (bicyclic) bond motifs is 1. The van der Waals surface area contributed by atoms with Gasteiger partial charge in [0.2, 0.25) is 5.91 Å². The number of hydrogen-bond donors (Lipinski definition) is 2. The average molecular weight is 337 g/mol. The van der Waals surface area contributed by atoms with Crippen LogP contribution in [-0.2, 0) is 18.4 Å². The van der Waals surface area contributed by atoms with Crippen molar-refractivity contribution in [3.8, 4) is 0 Å². The summed E-state index contributed by atoms with van der Waals surface area (Å²) in [5.41, 5.74) is 6.10. The second-order valence-corrected chi connectivity index (χ2v) is 6.84. The van der Waals surface area contributed by atoms with E-state index in [2.05, 4.69) is 9.88 Å². The van der Waals surface area contributed by atoms with E-state index in [0.29, 0.717) is 24.5 Å². The highest BCUT2D eigenvalue weighted by atomic mass is 35.5. The molecule has 1 aliphatic rings. The SMILES string of the molecule is Cn1c(CN2CCCC(O)(CC(N)=O)C2)nc2ccc(Cl)cc21. The summed E-state index contributed by atoms with van der Waals surface area (Å²) in [7, 11) is 1.96. The molecular formula is C16H21ClN4O2. The van der Waals surface area contributed by atoms with E-state index in [1.807, 2.05) is 29.8 Å². The van der Waals surface area contributed by atoms with Gasteiger partial charge in [0, 0.05) is 18.6 Å². The number of amides is 1. The minimum atomic E-state index is -1.03. The smallest absolute Gasteiger partial charge is 0.220 e. The van der Waals surface area contributed by atoms with Crippen molar-refractivity contribution >= 4 is 28.5 Å². The van der Waals surface area contributed by atoms with Crippen LogP contribution in [0.3, 0.4) is 0 Å². The molecule has 1 aliphatic heterocycles. The molecule has 1 amide bonds. The van der Waals surface area contributed by atoms with Gasteiger partial charge in [0.25, 0.3) is 0 Å². The van der Waals surface area contributed by atoms with Gasteiger partial charge in [-0.15, -0.1) is 0 Å². The second-order valence-electron chi connectivity index (χ2n) is 6.40. The number of carbonyl (C=O) groups excluding carboxylic acids is 1. The standard InChI is InChI=1S/C16H21ClN4O2/c1-20-13-7-11(17)3-4-12(13)19-15(20)9-21-6-2-5-16(23,10-21)8-14(18)22/h3-4,7,23H,2,5-6,8-10H2,1H3,(H2,18,22). The highest BCUT2D eigenvalue weighted by molar-refractivity contribution is 6.31. The number of hydrogen-bond acceptors (Lipinski definition) is 4. The highest BCUT2D eigenvalue weighted by Crippen LogP contribution is 2.26. The molecule has 1 aromatic heterocycles. The van der Waals surface area contributed by atoms with Crippen molar-refractivity contribution in [1.82, 2.24) is 14.5 Å². The van der Waals surface area contributed by atoms with E-state index >= 15 is 0 Å². The summed E-state index contributed by atoms with van der Waals surface area (Å²) in [6.45, 7) is 1.91. The Morgan fingerprint density at radius 1 is 1.52 bits per heavy atom. The molecule has 6 nitrogen and oxygen atoms in total. The minimum Gasteiger partial charge on any atom is -0.388 e. The van der Waals surface area contributed by atoms with Crippen molar-refractivity contribution in [2.45, 2.75) is 31.4 Å². The number of rotatable bonds is 4. The van der Waals surface area contributed by atoms with E-state index in [4.69, 9.17) is 17.3 Å². The van der Waals surface area contributed by atoms with Crippen LogP contribution in [0.25, 0.3) is 11.0 Å². The predicted octanol–water partition coefficient (Wildman–Crippen LogP) is 1.43. The fraction of sp³-hybridized carbons (Fsp3) is 0.500. The molecule has 1 aromatic carbocycles. The van der Waals surface area contributed by atoms with E-state index in [-0.39, 0.29) is 6.42 Å². The lowest BCUT2D eigenvalue weighted by atomic mass is 9.89. The molecule has 2 heterocycles. The Labute approximate surface area is 139 Å². The molecule has 0 radical (unpaired) electrons. The fourth-order valence-electron chi connectivity index (χ4n) is 3.36. The Hall–Kier alpha value is -1.63. The lowest BCUT2D eigenvalue weighted by Crippen LogP contribution is -2.49. The van der Waals surface area contributed by atoms with Gasteiger partial charge in [-0.25, -0.2) is 4.98 Å². The lowest BCUT2D eigenvalue weighted by Gasteiger charge is -2.38. The van der Waals surface area contributed by atoms with Gasteiger partial charge in [0.1, 0.15) is 5.82 Å². The van der Waals surface area contributed by atoms with E-state index in [1.165, 1.54) is 0 Å². The molecular weight excluding hydrogens is 316 g/mol. The van der Waals surface area contributed by atoms with E-state index in [9.17, 15) is 9.90 Å². The molecule has 124 valence electrons. The first-order chi connectivity index (χ1) is 10.9. The number of primary amides is 1. The van der Waals surface area contributed by atoms with Crippen molar-refractivity contribution < 1.29 is 9.90 Å². The van der Waals surface area contributed by atoms with Crippen molar-refractivity contribution in [3.05, 3.63) is 29.0 Å². The van der Waals surface area contributed by atoms with Gasteiger partial charge >= 0.3 is 0 Å². The quantitative estimate of drug-likeness (QED) is 0.884. The number of imidazole rings is 1. The Bertz CT molecular complexity index is 745. The van der Waals surface area contributed by atoms with Crippen molar-refractivity contribution in [2.24, 2.45) is 12.8 Å². The first-order valence-electron chi connectivity index (χ1n) is 7.70. The van der Waals surface area contributed by atoms with Gasteiger partial charge in [-0.2, -0.15) is 0 Å². The number of β-amino-alcohol motifs (C(OH)–C–C–N with tert-alkyl or cyclic N) is 1. The summed E-state index contributed by atoms with van der Waals surface area (Å²) in [4.78, 5) is 17.9. The summed E-state index contributed by atoms with van der Waals surface area (Å²) in [5.74, 6) is 0.442. The zero-order valence-electron chi connectivity index (χ0n) is 13.1. The second kappa shape index (κ2) is 6.11. The van der Waals surface area contributed by atoms with Gasteiger partial charge in [-0.1, -0.05) is 11.6 Å². The van der Waals surface area contributed by atoms with Crippen molar-refractivity contribution in [1.29, 1.82) is 0 Å². The molecule has 7 heteroatoms. The summed E-state index contributed by atoms with van der Waals surface area (Å²) >= 11 is 6.05. The van der Waals surface area contributed by atoms with Crippen molar-refractivity contribution in [2.75, 3.05) is 13.1 Å². The number of likely N-dealkylation sites (tertiary alicyclic amines) is 1. The van der Waals surface area contributed by atoms with E-state index in [1.54, 1.807) is 0 Å². The van der Waals surface area contributed by atoms with Gasteiger partial charge < -0.3 is 15.4 Å². The molecule has 1 fully saturated rings. The Balaban J connectivity index is 1.79. The number of nitrogens with two attached hydrogens (primary N) is 1. The minimum absolute atomic E-state index is 0.00164. The van der Waals surface area contributed by atoms with Gasteiger partial charge in [-0.3, -0.25) is 9.69 Å². The number of piperidine rings is 1. The molecule has 0 aliphatic carbocycles. The summed E-state index contributed by atoms with van der Waals surface area (Å²) in [6.07, 6.45) is 1.44. The van der Waals surface area contributed by atoms with Crippen LogP contribution < -0.4 is 5.73 Å². The number of carbonyl (C=O) groups is 1. The molecule has 0 bridgehead atoms. The summed E-state index contributed by atoms with van der Waals surface area (Å²) in [5, 5.41) is 11.2. The van der Waals surface area contributed by atoms with Crippen LogP contribution in [0.15, 0.2) is 18.2 Å². The first kappa shape index (κ1) is 16.2. The third-order valence-corrected chi connectivity index (χ3v) is 4.67. The fourth-order valence-corrected chi connectivity index (χ4v) is 3.53. The molecule has 3 N–H and O–H groups in total. The Kier molecular flexibility index (Phi) is 4.31. The van der Waals surface area contributed by atoms with Crippen LogP contribution in [0.5, 0.6) is 0 Å². The number of nitrogens with zero attached hydrogens (tertiary/aromatic N) is 3. The van der Waals surface area contributed by atoms with Crippen molar-refractivity contribution in [3.63, 3.8) is 0 Å². The number of halogens is 1. The maximum absolute atomic E-state index is 11.2. The first-order valence-corrected chi connectivity index (χ1v) is 8.08. The molecule has 0 saturated carbocycles. The molecule has 3 rings (SSSR count). The molecule has 0 spiro atoms. The third kappa shape index (κ3) is 3.49. The molecule has 2 aromatic rings. The summed E-state index contributed by atoms with van der Waals surface area (Å²) < 4.78 is 2.02. The predicted molar refractivity (Wildman–Crippen MR) is 89.0 cm³/mol. The van der Waals surface area contributed by atoms with Crippen LogP contribution >= 0.6 is 11.6 Å². The van der Waals surface area contributed by atoms with Crippen LogP contribution in [0.1, 0.15) is 25.1 Å². The van der Waals surface area contributed by atoms with Gasteiger partial charge in [0.15, 0.2) is 0 Å². The van der Waals surface area contributed by atoms with Crippen LogP contribution in [0.2, 0.25) is 5.02 Å². The highest BCUT2D eigenvalue weighted by Gasteiger charge is 2.35. The summed E-state index contributed by atoms with van der Waals surface area (Å²) in [6, 6.07) is 5.63. The zero-order chi connectivity index (χ0) is 16.6. The molecule has 1 unspecified atom stereocenters. The van der Waals surface area contributed by atoms with Crippen LogP contribution in [-0.4, -0.2) is 44.2 Å². The lowest BCUT2D eigenvalue weighted by molar-refractivity contribution is -0.125. The molecule has 1 saturated heterocycles. The number of aliphatic hydroxyl groups is 1. The molecule has 1 atom stereocenters. The van der Waals surface area contributed by atoms with Crippen LogP contribution in [0.4, 0.5) is 0 Å². The maximum Gasteiger partial charge on any atom is 0.220 e. The monoisotopic (exact) mass is 336 g/mol. The number of benzene rings is 1. The number of aryl methyl sites for hydroxylation is 1. The number of aromatic nitrogens is 2. The average Bonchev–Trinajstić information content (AvgIpc) is 2.74. The van der Waals surface area contributed by atoms with Gasteiger partial charge in [-0.05, 0) is 37.6 Å². The normalized spacial score (nSPS) is 22.6. The van der Waals surface area contributed by atoms with E-state index < -0.39 is 11.5 Å². The maximum atomic E-state index is 11.2. The Morgan fingerprint density at radius 2 is 2.30 bits per heavy atom. The molecule has 23 heavy (non-hydrogen) atoms. The third-order valence-electron chi connectivity index (χ3n) is 4.44. The Morgan fingerprint density at radius 3 is 3.04 bits per heavy atom. The van der Waals surface area contributed by atoms with E-state index in [0.717, 1.165) is 29.8 Å². The topological polar surface area (TPSA) is 84.4 Å².